The fourth-order valence-corrected chi connectivity index (χ4v) is 4.41. The molecule has 0 aromatic heterocycles. The van der Waals surface area contributed by atoms with Gasteiger partial charge in [-0.25, -0.2) is 4.79 Å². The first-order valence-corrected chi connectivity index (χ1v) is 14.5. The number of carbonyl (C=O) groups is 8. The predicted molar refractivity (Wildman–Crippen MR) is 156 cm³/mol. The highest BCUT2D eigenvalue weighted by molar-refractivity contribution is 5.97. The lowest BCUT2D eigenvalue weighted by atomic mass is 10.00. The molecule has 11 N–H and O–H groups in total. The Kier molecular flexibility index (Phi) is 15.9. The van der Waals surface area contributed by atoms with Crippen molar-refractivity contribution in [3.8, 4) is 0 Å². The number of hydrogen-bond acceptors (Lipinski definition) is 10. The summed E-state index contributed by atoms with van der Waals surface area (Å²) >= 11 is 0. The molecule has 1 heterocycles. The number of carbonyl (C=O) groups excluding carboxylic acids is 6. The second kappa shape index (κ2) is 18.5. The zero-order valence-electron chi connectivity index (χ0n) is 25.8. The van der Waals surface area contributed by atoms with Crippen LogP contribution in [0.4, 0.5) is 0 Å². The Labute approximate surface area is 260 Å². The minimum atomic E-state index is -1.75. The van der Waals surface area contributed by atoms with Crippen LogP contribution < -0.4 is 37.6 Å². The molecule has 0 aliphatic carbocycles. The molecule has 254 valence electrons. The molecule has 18 heteroatoms. The Balaban J connectivity index is 3.01. The third kappa shape index (κ3) is 14.3. The number of β-amino-alcohol motifs (C(OH)–C–C–N with tert-alkyl or cyclic N) is 1. The number of rotatable bonds is 19. The van der Waals surface area contributed by atoms with Crippen LogP contribution in [0.3, 0.4) is 0 Å². The molecule has 1 fully saturated rings. The number of aliphatic hydroxyl groups is 1. The first-order chi connectivity index (χ1) is 20.9. The normalized spacial score (nSPS) is 18.6. The zero-order valence-corrected chi connectivity index (χ0v) is 25.8. The highest BCUT2D eigenvalue weighted by Gasteiger charge is 2.34. The zero-order chi connectivity index (χ0) is 34.4. The molecule has 6 atom stereocenters. The molecular formula is C27H45N7O11. The summed E-state index contributed by atoms with van der Waals surface area (Å²) in [4.78, 5) is 98.5. The predicted octanol–water partition coefficient (Wildman–Crippen LogP) is -3.71. The van der Waals surface area contributed by atoms with Gasteiger partial charge in [-0.2, -0.15) is 0 Å². The van der Waals surface area contributed by atoms with Crippen molar-refractivity contribution in [2.45, 2.75) is 96.1 Å². The van der Waals surface area contributed by atoms with Gasteiger partial charge in [0, 0.05) is 13.0 Å². The van der Waals surface area contributed by atoms with E-state index in [1.807, 2.05) is 0 Å². The van der Waals surface area contributed by atoms with E-state index in [1.165, 1.54) is 0 Å². The third-order valence-electron chi connectivity index (χ3n) is 6.76. The Morgan fingerprint density at radius 2 is 1.44 bits per heavy atom. The van der Waals surface area contributed by atoms with E-state index in [-0.39, 0.29) is 38.1 Å². The van der Waals surface area contributed by atoms with Crippen LogP contribution in [0.15, 0.2) is 0 Å². The van der Waals surface area contributed by atoms with Gasteiger partial charge < -0.3 is 53.0 Å². The van der Waals surface area contributed by atoms with Crippen LogP contribution in [0, 0.1) is 11.8 Å². The van der Waals surface area contributed by atoms with E-state index in [2.05, 4.69) is 31.9 Å². The average molecular weight is 644 g/mol. The van der Waals surface area contributed by atoms with Crippen molar-refractivity contribution in [2.24, 2.45) is 17.6 Å². The molecule has 0 aromatic carbocycles. The lowest BCUT2D eigenvalue weighted by Crippen LogP contribution is -2.59. The number of amides is 6. The number of nitrogens with two attached hydrogens (primary N) is 1. The molecular weight excluding hydrogens is 598 g/mol. The van der Waals surface area contributed by atoms with Crippen LogP contribution in [0.2, 0.25) is 0 Å². The van der Waals surface area contributed by atoms with Gasteiger partial charge in [0.15, 0.2) is 0 Å². The molecule has 1 rings (SSSR count). The van der Waals surface area contributed by atoms with Crippen molar-refractivity contribution in [3.05, 3.63) is 0 Å². The summed E-state index contributed by atoms with van der Waals surface area (Å²) in [6, 6.07) is -6.50. The maximum atomic E-state index is 13.2. The molecule has 6 amide bonds. The minimum absolute atomic E-state index is 0.0775. The third-order valence-corrected chi connectivity index (χ3v) is 6.76. The Bertz CT molecular complexity index is 1110. The minimum Gasteiger partial charge on any atom is -0.481 e. The summed E-state index contributed by atoms with van der Waals surface area (Å²) < 4.78 is 0. The van der Waals surface area contributed by atoms with Crippen LogP contribution in [-0.2, 0) is 38.4 Å². The largest absolute Gasteiger partial charge is 0.481 e. The number of aliphatic carboxylic acids is 2. The fourth-order valence-electron chi connectivity index (χ4n) is 4.41. The van der Waals surface area contributed by atoms with Gasteiger partial charge in [0.1, 0.15) is 24.2 Å². The van der Waals surface area contributed by atoms with E-state index in [4.69, 9.17) is 5.73 Å². The smallest absolute Gasteiger partial charge is 0.326 e. The lowest BCUT2D eigenvalue weighted by Gasteiger charge is -2.27. The van der Waals surface area contributed by atoms with Crippen molar-refractivity contribution in [1.82, 2.24) is 31.9 Å². The molecule has 0 unspecified atom stereocenters. The van der Waals surface area contributed by atoms with Crippen LogP contribution in [0.1, 0.15) is 59.8 Å². The summed E-state index contributed by atoms with van der Waals surface area (Å²) in [6.45, 7) is 6.27. The maximum absolute atomic E-state index is 13.2. The van der Waals surface area contributed by atoms with Crippen LogP contribution >= 0.6 is 0 Å². The van der Waals surface area contributed by atoms with E-state index in [0.29, 0.717) is 0 Å². The van der Waals surface area contributed by atoms with Gasteiger partial charge in [-0.3, -0.25) is 33.6 Å². The van der Waals surface area contributed by atoms with Gasteiger partial charge in [-0.05, 0) is 31.1 Å². The van der Waals surface area contributed by atoms with Crippen LogP contribution in [-0.4, -0.2) is 112 Å². The first-order valence-electron chi connectivity index (χ1n) is 14.5. The van der Waals surface area contributed by atoms with Gasteiger partial charge in [0.25, 0.3) is 0 Å². The van der Waals surface area contributed by atoms with Gasteiger partial charge in [-0.1, -0.05) is 27.7 Å². The van der Waals surface area contributed by atoms with Crippen LogP contribution in [0.5, 0.6) is 0 Å². The molecule has 0 bridgehead atoms. The maximum Gasteiger partial charge on any atom is 0.326 e. The summed E-state index contributed by atoms with van der Waals surface area (Å²) in [5, 5.41) is 42.8. The van der Waals surface area contributed by atoms with Crippen molar-refractivity contribution >= 4 is 47.4 Å². The highest BCUT2D eigenvalue weighted by atomic mass is 16.4. The van der Waals surface area contributed by atoms with E-state index in [0.717, 1.165) is 0 Å². The Hall–Kier alpha value is -4.32. The number of primary amides is 1. The first kappa shape index (κ1) is 38.7. The molecule has 0 spiro atoms. The van der Waals surface area contributed by atoms with Gasteiger partial charge in [0.2, 0.25) is 35.4 Å². The molecule has 0 radical (unpaired) electrons. The molecule has 45 heavy (non-hydrogen) atoms. The summed E-state index contributed by atoms with van der Waals surface area (Å²) in [5.74, 6) is -8.62. The molecule has 1 aliphatic heterocycles. The monoisotopic (exact) mass is 643 g/mol. The molecule has 1 aliphatic rings. The molecule has 1 saturated heterocycles. The lowest BCUT2D eigenvalue weighted by molar-refractivity contribution is -0.144. The van der Waals surface area contributed by atoms with Crippen molar-refractivity contribution in [1.29, 1.82) is 0 Å². The molecule has 0 saturated carbocycles. The molecule has 18 nitrogen and oxygen atoms in total. The highest BCUT2D eigenvalue weighted by Crippen LogP contribution is 2.09. The van der Waals surface area contributed by atoms with Crippen molar-refractivity contribution in [2.75, 3.05) is 13.1 Å². The number of carboxylic acid groups (broad SMARTS) is 2. The quantitative estimate of drug-likeness (QED) is 0.0650. The number of aliphatic hydroxyl groups excluding tert-OH is 1. The van der Waals surface area contributed by atoms with Gasteiger partial charge in [0.05, 0.1) is 25.1 Å². The fraction of sp³-hybridized carbons (Fsp3) is 0.704. The summed E-state index contributed by atoms with van der Waals surface area (Å²) in [5.41, 5.74) is 5.17. The second-order valence-corrected chi connectivity index (χ2v) is 11.6. The second-order valence-electron chi connectivity index (χ2n) is 11.6. The molecule has 0 aromatic rings. The van der Waals surface area contributed by atoms with E-state index < -0.39 is 103 Å². The number of nitrogens with one attached hydrogen (secondary N) is 6. The van der Waals surface area contributed by atoms with Gasteiger partial charge >= 0.3 is 11.9 Å². The van der Waals surface area contributed by atoms with Gasteiger partial charge in [-0.15, -0.1) is 0 Å². The SMILES string of the molecule is CC(C)C[C@H](NC(=O)[C@@H](NC(=O)[C@H](CC(=O)O)NC(=O)[C@H](CCC(N)=O)NC(=O)CNC(=O)[C@@H]1C[C@@H](O)CN1)C(C)C)C(=O)O. The number of hydrogen-bond donors (Lipinski definition) is 10. The Morgan fingerprint density at radius 3 is 1.93 bits per heavy atom. The van der Waals surface area contributed by atoms with E-state index >= 15 is 0 Å². The average Bonchev–Trinajstić information content (AvgIpc) is 3.36. The van der Waals surface area contributed by atoms with Crippen molar-refractivity contribution < 1.29 is 53.7 Å². The van der Waals surface area contributed by atoms with E-state index in [1.54, 1.807) is 27.7 Å². The Morgan fingerprint density at radius 1 is 0.844 bits per heavy atom. The van der Waals surface area contributed by atoms with E-state index in [9.17, 15) is 53.7 Å². The summed E-state index contributed by atoms with van der Waals surface area (Å²) in [7, 11) is 0. The van der Waals surface area contributed by atoms with Crippen molar-refractivity contribution in [3.63, 3.8) is 0 Å². The number of carboxylic acids is 2. The topological polar surface area (TPSA) is 295 Å². The standard InChI is InChI=1S/C27H45N7O11/c1-12(2)7-18(27(44)45)33-26(43)22(13(3)4)34-25(42)17(9-21(38)39)32-24(41)15(5-6-19(28)36)31-20(37)11-30-23(40)16-8-14(35)10-29-16/h12-18,22,29,35H,5-11H2,1-4H3,(H2,28,36)(H,30,40)(H,31,37)(H,32,41)(H,33,43)(H,34,42)(H,38,39)(H,44,45)/t14-,15+,16+,17+,18+,22+/m1/s1. The summed E-state index contributed by atoms with van der Waals surface area (Å²) in [6.07, 6.45) is -2.10. The van der Waals surface area contributed by atoms with Crippen LogP contribution in [0.25, 0.3) is 0 Å².